The van der Waals surface area contributed by atoms with Crippen LogP contribution in [0.1, 0.15) is 40.3 Å². The molecule has 7 nitrogen and oxygen atoms in total. The van der Waals surface area contributed by atoms with E-state index < -0.39 is 0 Å². The molecule has 2 aromatic carbocycles. The van der Waals surface area contributed by atoms with Gasteiger partial charge in [-0.25, -0.2) is 0 Å². The second-order valence-electron chi connectivity index (χ2n) is 7.06. The molecule has 0 N–H and O–H groups in total. The first-order valence-corrected chi connectivity index (χ1v) is 9.82. The molecular weight excluding hydrogens is 382 g/mol. The Morgan fingerprint density at radius 1 is 1.13 bits per heavy atom. The summed E-state index contributed by atoms with van der Waals surface area (Å²) in [5.41, 5.74) is 2.49. The highest BCUT2D eigenvalue weighted by Gasteiger charge is 2.18. The SMILES string of the molecule is CCc1oc2ccccc2c1CN(C)C(=O)c1ccc(OCc2noc(C)n2)cc1. The number of rotatable bonds is 7. The van der Waals surface area contributed by atoms with E-state index in [2.05, 4.69) is 17.1 Å². The Kier molecular flexibility index (Phi) is 5.52. The van der Waals surface area contributed by atoms with Gasteiger partial charge in [-0.1, -0.05) is 30.3 Å². The minimum atomic E-state index is -0.0670. The molecule has 0 aliphatic carbocycles. The number of carbonyl (C=O) groups is 1. The number of carbonyl (C=O) groups excluding carboxylic acids is 1. The van der Waals surface area contributed by atoms with Crippen LogP contribution in [0, 0.1) is 6.92 Å². The summed E-state index contributed by atoms with van der Waals surface area (Å²) < 4.78 is 16.5. The van der Waals surface area contributed by atoms with Crippen molar-refractivity contribution >= 4 is 16.9 Å². The molecule has 4 rings (SSSR count). The van der Waals surface area contributed by atoms with Gasteiger partial charge in [0.05, 0.1) is 0 Å². The third-order valence-corrected chi connectivity index (χ3v) is 4.88. The summed E-state index contributed by atoms with van der Waals surface area (Å²) >= 11 is 0. The van der Waals surface area contributed by atoms with Crippen molar-refractivity contribution in [1.82, 2.24) is 15.0 Å². The number of hydrogen-bond donors (Lipinski definition) is 0. The molecule has 154 valence electrons. The molecule has 0 saturated heterocycles. The molecule has 0 saturated carbocycles. The van der Waals surface area contributed by atoms with Crippen LogP contribution in [0.3, 0.4) is 0 Å². The number of aryl methyl sites for hydroxylation is 2. The number of amides is 1. The Balaban J connectivity index is 1.44. The predicted molar refractivity (Wildman–Crippen MR) is 111 cm³/mol. The van der Waals surface area contributed by atoms with Gasteiger partial charge in [0.1, 0.15) is 17.1 Å². The van der Waals surface area contributed by atoms with Gasteiger partial charge >= 0.3 is 0 Å². The van der Waals surface area contributed by atoms with Gasteiger partial charge in [-0.05, 0) is 30.3 Å². The van der Waals surface area contributed by atoms with E-state index in [1.165, 1.54) is 0 Å². The fourth-order valence-electron chi connectivity index (χ4n) is 3.38. The zero-order valence-electron chi connectivity index (χ0n) is 17.2. The van der Waals surface area contributed by atoms with Crippen molar-refractivity contribution in [2.45, 2.75) is 33.4 Å². The van der Waals surface area contributed by atoms with Crippen LogP contribution in [0.15, 0.2) is 57.5 Å². The van der Waals surface area contributed by atoms with Crippen LogP contribution in [0.2, 0.25) is 0 Å². The highest BCUT2D eigenvalue weighted by atomic mass is 16.5. The van der Waals surface area contributed by atoms with E-state index in [9.17, 15) is 4.79 Å². The van der Waals surface area contributed by atoms with Crippen molar-refractivity contribution in [2.75, 3.05) is 7.05 Å². The van der Waals surface area contributed by atoms with Crippen LogP contribution in [0.25, 0.3) is 11.0 Å². The summed E-state index contributed by atoms with van der Waals surface area (Å²) in [6.07, 6.45) is 0.776. The van der Waals surface area contributed by atoms with Gasteiger partial charge in [0, 0.05) is 43.5 Å². The highest BCUT2D eigenvalue weighted by molar-refractivity contribution is 5.94. The molecule has 7 heteroatoms. The molecule has 30 heavy (non-hydrogen) atoms. The van der Waals surface area contributed by atoms with Crippen molar-refractivity contribution in [3.05, 3.63) is 77.1 Å². The second-order valence-corrected chi connectivity index (χ2v) is 7.06. The van der Waals surface area contributed by atoms with E-state index in [4.69, 9.17) is 13.7 Å². The molecular formula is C23H23N3O4. The van der Waals surface area contributed by atoms with Crippen LogP contribution < -0.4 is 4.74 Å². The van der Waals surface area contributed by atoms with Crippen LogP contribution in [-0.2, 0) is 19.6 Å². The molecule has 0 aliphatic rings. The molecule has 0 atom stereocenters. The molecule has 0 spiro atoms. The molecule has 0 fully saturated rings. The lowest BCUT2D eigenvalue weighted by molar-refractivity contribution is 0.0785. The summed E-state index contributed by atoms with van der Waals surface area (Å²) in [7, 11) is 1.80. The lowest BCUT2D eigenvalue weighted by Crippen LogP contribution is -2.26. The smallest absolute Gasteiger partial charge is 0.253 e. The van der Waals surface area contributed by atoms with E-state index in [-0.39, 0.29) is 12.5 Å². The van der Waals surface area contributed by atoms with E-state index in [1.54, 1.807) is 43.1 Å². The summed E-state index contributed by atoms with van der Waals surface area (Å²) in [5, 5.41) is 4.84. The number of hydrogen-bond acceptors (Lipinski definition) is 6. The Bertz CT molecular complexity index is 1160. The molecule has 2 aromatic heterocycles. The van der Waals surface area contributed by atoms with Crippen LogP contribution in [0.5, 0.6) is 5.75 Å². The molecule has 2 heterocycles. The zero-order valence-corrected chi connectivity index (χ0v) is 17.2. The molecule has 0 radical (unpaired) electrons. The van der Waals surface area contributed by atoms with Crippen molar-refractivity contribution in [2.24, 2.45) is 0 Å². The van der Waals surface area contributed by atoms with Gasteiger partial charge < -0.3 is 18.6 Å². The van der Waals surface area contributed by atoms with Crippen molar-refractivity contribution in [3.63, 3.8) is 0 Å². The fourth-order valence-corrected chi connectivity index (χ4v) is 3.38. The van der Waals surface area contributed by atoms with Gasteiger partial charge in [0.15, 0.2) is 6.61 Å². The number of furan rings is 1. The lowest BCUT2D eigenvalue weighted by Gasteiger charge is -2.17. The first-order valence-electron chi connectivity index (χ1n) is 9.82. The molecule has 0 unspecified atom stereocenters. The topological polar surface area (TPSA) is 81.6 Å². The van der Waals surface area contributed by atoms with Gasteiger partial charge in [-0.15, -0.1) is 0 Å². The first-order chi connectivity index (χ1) is 14.5. The Morgan fingerprint density at radius 2 is 1.90 bits per heavy atom. The minimum absolute atomic E-state index is 0.0670. The summed E-state index contributed by atoms with van der Waals surface area (Å²) in [6.45, 7) is 4.47. The monoisotopic (exact) mass is 405 g/mol. The number of fused-ring (bicyclic) bond motifs is 1. The summed E-state index contributed by atoms with van der Waals surface area (Å²) in [5.74, 6) is 2.45. The van der Waals surface area contributed by atoms with Gasteiger partial charge in [-0.2, -0.15) is 4.98 Å². The average molecular weight is 405 g/mol. The Morgan fingerprint density at radius 3 is 2.60 bits per heavy atom. The Labute approximate surface area is 174 Å². The van der Waals surface area contributed by atoms with E-state index in [0.717, 1.165) is 28.7 Å². The number of ether oxygens (including phenoxy) is 1. The molecule has 0 aliphatic heterocycles. The van der Waals surface area contributed by atoms with Gasteiger partial charge in [0.25, 0.3) is 5.91 Å². The summed E-state index contributed by atoms with van der Waals surface area (Å²) in [6, 6.07) is 15.0. The zero-order chi connectivity index (χ0) is 21.1. The van der Waals surface area contributed by atoms with Crippen molar-refractivity contribution in [3.8, 4) is 5.75 Å². The standard InChI is InChI=1S/C23H23N3O4/c1-4-20-19(18-7-5-6-8-21(18)29-20)13-26(3)23(27)16-9-11-17(12-10-16)28-14-22-24-15(2)30-25-22/h5-12H,4,13-14H2,1-3H3. The van der Waals surface area contributed by atoms with Crippen molar-refractivity contribution in [1.29, 1.82) is 0 Å². The number of aromatic nitrogens is 2. The number of benzene rings is 2. The molecule has 0 bridgehead atoms. The van der Waals surface area contributed by atoms with Crippen molar-refractivity contribution < 1.29 is 18.5 Å². The maximum atomic E-state index is 12.9. The van der Waals surface area contributed by atoms with Gasteiger partial charge in [0.2, 0.25) is 11.7 Å². The van der Waals surface area contributed by atoms with Gasteiger partial charge in [-0.3, -0.25) is 4.79 Å². The number of nitrogens with zero attached hydrogens (tertiary/aromatic N) is 3. The minimum Gasteiger partial charge on any atom is -0.485 e. The van der Waals surface area contributed by atoms with Crippen LogP contribution >= 0.6 is 0 Å². The first kappa shape index (κ1) is 19.7. The third-order valence-electron chi connectivity index (χ3n) is 4.88. The molecule has 4 aromatic rings. The Hall–Kier alpha value is -3.61. The predicted octanol–water partition coefficient (Wildman–Crippen LogP) is 4.54. The summed E-state index contributed by atoms with van der Waals surface area (Å²) in [4.78, 5) is 18.7. The fraction of sp³-hybridized carbons (Fsp3) is 0.261. The number of para-hydroxylation sites is 1. The van der Waals surface area contributed by atoms with E-state index >= 15 is 0 Å². The largest absolute Gasteiger partial charge is 0.485 e. The van der Waals surface area contributed by atoms with Crippen LogP contribution in [-0.4, -0.2) is 28.0 Å². The maximum absolute atomic E-state index is 12.9. The normalized spacial score (nSPS) is 11.0. The average Bonchev–Trinajstić information content (AvgIpc) is 3.35. The highest BCUT2D eigenvalue weighted by Crippen LogP contribution is 2.27. The van der Waals surface area contributed by atoms with E-state index in [0.29, 0.717) is 29.6 Å². The maximum Gasteiger partial charge on any atom is 0.253 e. The van der Waals surface area contributed by atoms with Crippen LogP contribution in [0.4, 0.5) is 0 Å². The molecule has 1 amide bonds. The second kappa shape index (κ2) is 8.41. The van der Waals surface area contributed by atoms with E-state index in [1.807, 2.05) is 24.3 Å². The quantitative estimate of drug-likeness (QED) is 0.449. The lowest BCUT2D eigenvalue weighted by atomic mass is 10.1. The third kappa shape index (κ3) is 4.05.